The highest BCUT2D eigenvalue weighted by molar-refractivity contribution is 5.75. The van der Waals surface area contributed by atoms with Crippen LogP contribution in [0.3, 0.4) is 0 Å². The molecule has 4 atom stereocenters. The van der Waals surface area contributed by atoms with Crippen LogP contribution < -0.4 is 5.32 Å². The van der Waals surface area contributed by atoms with Crippen LogP contribution >= 0.6 is 0 Å². The molecule has 4 aliphatic rings. The summed E-state index contributed by atoms with van der Waals surface area (Å²) in [6.07, 6.45) is 1.61. The molecule has 1 aliphatic carbocycles. The third-order valence-electron chi connectivity index (χ3n) is 6.82. The average Bonchev–Trinajstić information content (AvgIpc) is 3.28. The lowest BCUT2D eigenvalue weighted by Crippen LogP contribution is -2.42. The maximum Gasteiger partial charge on any atom is 0.389 e. The molecule has 0 aromatic carbocycles. The minimum Gasteiger partial charge on any atom is -0.370 e. The Morgan fingerprint density at radius 1 is 1.24 bits per heavy atom. The minimum atomic E-state index is -4.27. The lowest BCUT2D eigenvalue weighted by Gasteiger charge is -2.29. The Bertz CT molecular complexity index is 521. The van der Waals surface area contributed by atoms with Crippen LogP contribution in [0.4, 0.5) is 13.2 Å². The molecule has 3 aliphatic heterocycles. The maximum absolute atomic E-state index is 12.2. The van der Waals surface area contributed by atoms with E-state index in [2.05, 4.69) is 10.2 Å². The van der Waals surface area contributed by atoms with Crippen LogP contribution in [0, 0.1) is 11.8 Å². The molecule has 1 amide bonds. The van der Waals surface area contributed by atoms with E-state index in [4.69, 9.17) is 4.74 Å². The molecular weight excluding hydrogens is 333 g/mol. The van der Waals surface area contributed by atoms with Gasteiger partial charge in [0.15, 0.2) is 0 Å². The fourth-order valence-electron chi connectivity index (χ4n) is 5.62. The Balaban J connectivity index is 1.33. The third-order valence-corrected chi connectivity index (χ3v) is 6.82. The van der Waals surface area contributed by atoms with Gasteiger partial charge >= 0.3 is 6.18 Å². The van der Waals surface area contributed by atoms with E-state index < -0.39 is 24.9 Å². The second-order valence-electron chi connectivity index (χ2n) is 8.32. The van der Waals surface area contributed by atoms with Crippen molar-refractivity contribution in [1.82, 2.24) is 10.2 Å². The highest BCUT2D eigenvalue weighted by Gasteiger charge is 2.63. The molecule has 4 fully saturated rings. The van der Waals surface area contributed by atoms with Crippen molar-refractivity contribution in [3.8, 4) is 0 Å². The summed E-state index contributed by atoms with van der Waals surface area (Å²) < 4.78 is 43.1. The molecule has 25 heavy (non-hydrogen) atoms. The van der Waals surface area contributed by atoms with Crippen molar-refractivity contribution in [2.45, 2.75) is 75.3 Å². The van der Waals surface area contributed by atoms with E-state index in [1.165, 1.54) is 25.7 Å². The van der Waals surface area contributed by atoms with E-state index in [0.29, 0.717) is 18.5 Å². The van der Waals surface area contributed by atoms with E-state index in [-0.39, 0.29) is 17.6 Å². The Labute approximate surface area is 146 Å². The third kappa shape index (κ3) is 3.42. The number of halogens is 3. The summed E-state index contributed by atoms with van der Waals surface area (Å²) in [5, 5.41) is 2.74. The molecule has 142 valence electrons. The van der Waals surface area contributed by atoms with Gasteiger partial charge in [0.2, 0.25) is 5.91 Å². The van der Waals surface area contributed by atoms with Crippen molar-refractivity contribution in [1.29, 1.82) is 0 Å². The first kappa shape index (κ1) is 17.6. The van der Waals surface area contributed by atoms with E-state index in [1.807, 2.05) is 0 Å². The van der Waals surface area contributed by atoms with Crippen LogP contribution in [0.25, 0.3) is 0 Å². The van der Waals surface area contributed by atoms with Crippen molar-refractivity contribution in [2.24, 2.45) is 11.8 Å². The highest BCUT2D eigenvalue weighted by atomic mass is 19.4. The smallest absolute Gasteiger partial charge is 0.370 e. The van der Waals surface area contributed by atoms with E-state index in [0.717, 1.165) is 25.9 Å². The monoisotopic (exact) mass is 360 g/mol. The molecular formula is C18H27F3N2O2. The standard InChI is InChI=1S/C18H27F3N2O2/c19-18(20,21)8-6-16(24)22-9-13-14-10-23(12-3-1-2-4-12)11-17(14)7-5-15(13)25-17/h12-15H,1-11H2,(H,22,24)/t13-,14+,15+,17+/m0/s1. The Hall–Kier alpha value is -0.820. The van der Waals surface area contributed by atoms with Crippen LogP contribution in [0.2, 0.25) is 0 Å². The molecule has 4 nitrogen and oxygen atoms in total. The quantitative estimate of drug-likeness (QED) is 0.820. The molecule has 1 saturated carbocycles. The van der Waals surface area contributed by atoms with Crippen molar-refractivity contribution in [3.63, 3.8) is 0 Å². The number of carbonyl (C=O) groups excluding carboxylic acids is 1. The Morgan fingerprint density at radius 3 is 2.72 bits per heavy atom. The van der Waals surface area contributed by atoms with Gasteiger partial charge in [-0.2, -0.15) is 13.2 Å². The number of carbonyl (C=O) groups is 1. The number of nitrogens with zero attached hydrogens (tertiary/aromatic N) is 1. The van der Waals surface area contributed by atoms with E-state index >= 15 is 0 Å². The fourth-order valence-corrected chi connectivity index (χ4v) is 5.62. The van der Waals surface area contributed by atoms with Gasteiger partial charge in [0.05, 0.1) is 18.1 Å². The lowest BCUT2D eigenvalue weighted by atomic mass is 9.73. The summed E-state index contributed by atoms with van der Waals surface area (Å²) in [5.41, 5.74) is -0.0609. The van der Waals surface area contributed by atoms with Crippen LogP contribution in [0.5, 0.6) is 0 Å². The van der Waals surface area contributed by atoms with E-state index in [9.17, 15) is 18.0 Å². The van der Waals surface area contributed by atoms with Crippen molar-refractivity contribution in [3.05, 3.63) is 0 Å². The topological polar surface area (TPSA) is 41.6 Å². The predicted octanol–water partition coefficient (Wildman–Crippen LogP) is 2.87. The zero-order valence-electron chi connectivity index (χ0n) is 14.5. The summed E-state index contributed by atoms with van der Waals surface area (Å²) in [6, 6.07) is 0.671. The number of fused-ring (bicyclic) bond motifs is 1. The molecule has 1 spiro atoms. The van der Waals surface area contributed by atoms with Crippen LogP contribution in [-0.4, -0.2) is 54.4 Å². The fraction of sp³-hybridized carbons (Fsp3) is 0.944. The molecule has 1 N–H and O–H groups in total. The Kier molecular flexibility index (Phi) is 4.51. The number of nitrogens with one attached hydrogen (secondary N) is 1. The number of hydrogen-bond acceptors (Lipinski definition) is 3. The first-order valence-corrected chi connectivity index (χ1v) is 9.62. The first-order chi connectivity index (χ1) is 11.9. The van der Waals surface area contributed by atoms with Crippen molar-refractivity contribution in [2.75, 3.05) is 19.6 Å². The predicted molar refractivity (Wildman–Crippen MR) is 85.9 cm³/mol. The van der Waals surface area contributed by atoms with Crippen LogP contribution in [-0.2, 0) is 9.53 Å². The van der Waals surface area contributed by atoms with Gasteiger partial charge in [-0.05, 0) is 25.7 Å². The highest BCUT2D eigenvalue weighted by Crippen LogP contribution is 2.55. The molecule has 4 rings (SSSR count). The number of ether oxygens (including phenoxy) is 1. The van der Waals surface area contributed by atoms with Gasteiger partial charge in [0, 0.05) is 43.9 Å². The van der Waals surface area contributed by atoms with E-state index in [1.54, 1.807) is 0 Å². The van der Waals surface area contributed by atoms with Crippen LogP contribution in [0.1, 0.15) is 51.4 Å². The summed E-state index contributed by atoms with van der Waals surface area (Å²) in [4.78, 5) is 14.3. The molecule has 3 heterocycles. The zero-order chi connectivity index (χ0) is 17.7. The summed E-state index contributed by atoms with van der Waals surface area (Å²) in [5.74, 6) is 0.157. The van der Waals surface area contributed by atoms with Crippen LogP contribution in [0.15, 0.2) is 0 Å². The summed E-state index contributed by atoms with van der Waals surface area (Å²) in [6.45, 7) is 2.47. The largest absolute Gasteiger partial charge is 0.389 e. The first-order valence-electron chi connectivity index (χ1n) is 9.62. The zero-order valence-corrected chi connectivity index (χ0v) is 14.5. The number of amides is 1. The number of rotatable bonds is 5. The number of hydrogen-bond donors (Lipinski definition) is 1. The molecule has 2 bridgehead atoms. The molecule has 0 radical (unpaired) electrons. The molecule has 0 unspecified atom stereocenters. The van der Waals surface area contributed by atoms with Gasteiger partial charge in [-0.3, -0.25) is 9.69 Å². The normalized spacial score (nSPS) is 38.4. The van der Waals surface area contributed by atoms with Gasteiger partial charge in [0.1, 0.15) is 0 Å². The number of alkyl halides is 3. The minimum absolute atomic E-state index is 0.0609. The SMILES string of the molecule is O=C(CCC(F)(F)F)NC[C@H]1[C@H]2CN(C3CCCC3)C[C@]23CC[C@H]1O3. The average molecular weight is 360 g/mol. The molecule has 0 aromatic rings. The van der Waals surface area contributed by atoms with Crippen molar-refractivity contribution < 1.29 is 22.7 Å². The van der Waals surface area contributed by atoms with Gasteiger partial charge in [-0.15, -0.1) is 0 Å². The molecule has 7 heteroatoms. The molecule has 3 saturated heterocycles. The Morgan fingerprint density at radius 2 is 2.00 bits per heavy atom. The molecule has 0 aromatic heterocycles. The second kappa shape index (κ2) is 6.41. The second-order valence-corrected chi connectivity index (χ2v) is 8.32. The number of likely N-dealkylation sites (tertiary alicyclic amines) is 1. The summed E-state index contributed by atoms with van der Waals surface area (Å²) in [7, 11) is 0. The van der Waals surface area contributed by atoms with Gasteiger partial charge in [-0.1, -0.05) is 12.8 Å². The van der Waals surface area contributed by atoms with Gasteiger partial charge in [-0.25, -0.2) is 0 Å². The lowest BCUT2D eigenvalue weighted by molar-refractivity contribution is -0.144. The summed E-state index contributed by atoms with van der Waals surface area (Å²) >= 11 is 0. The van der Waals surface area contributed by atoms with Gasteiger partial charge in [0.25, 0.3) is 0 Å². The van der Waals surface area contributed by atoms with Gasteiger partial charge < -0.3 is 10.1 Å². The van der Waals surface area contributed by atoms with Crippen molar-refractivity contribution >= 4 is 5.91 Å². The maximum atomic E-state index is 12.2.